The molecule has 1 saturated heterocycles. The van der Waals surface area contributed by atoms with Crippen molar-refractivity contribution in [3.63, 3.8) is 0 Å². The van der Waals surface area contributed by atoms with E-state index in [2.05, 4.69) is 15.0 Å². The standard InChI is InChI=1S/C25H28N6O4/c1-28-20-5-3-4-6-21(20)31(25(28)33)12-11-23(32)30-15-13-29(14-16-30)17-22-26-24(27-35-22)18-7-9-19(34-2)10-8-18/h3-10H,11-17H2,1-2H3. The number of methoxy groups -OCH3 is 1. The Hall–Kier alpha value is -3.92. The van der Waals surface area contributed by atoms with Crippen molar-refractivity contribution < 1.29 is 14.1 Å². The minimum absolute atomic E-state index is 0.0593. The number of carbonyl (C=O) groups excluding carboxylic acids is 1. The van der Waals surface area contributed by atoms with E-state index in [0.29, 0.717) is 44.3 Å². The van der Waals surface area contributed by atoms with E-state index in [1.165, 1.54) is 0 Å². The second-order valence-electron chi connectivity index (χ2n) is 8.63. The lowest BCUT2D eigenvalue weighted by Crippen LogP contribution is -2.48. The molecule has 1 aliphatic heterocycles. The lowest BCUT2D eigenvalue weighted by Gasteiger charge is -2.34. The summed E-state index contributed by atoms with van der Waals surface area (Å²) in [6.07, 6.45) is 0.294. The lowest BCUT2D eigenvalue weighted by atomic mass is 10.2. The van der Waals surface area contributed by atoms with Crippen LogP contribution in [0.25, 0.3) is 22.4 Å². The SMILES string of the molecule is COc1ccc(-c2noc(CN3CCN(C(=O)CCn4c(=O)n(C)c5ccccc54)CC3)n2)cc1. The Balaban J connectivity index is 1.13. The number of aromatic nitrogens is 4. The molecule has 5 rings (SSSR count). The van der Waals surface area contributed by atoms with Gasteiger partial charge in [-0.25, -0.2) is 4.79 Å². The molecule has 10 nitrogen and oxygen atoms in total. The van der Waals surface area contributed by atoms with Crippen molar-refractivity contribution in [1.29, 1.82) is 0 Å². The first kappa shape index (κ1) is 22.9. The van der Waals surface area contributed by atoms with Gasteiger partial charge < -0.3 is 14.2 Å². The van der Waals surface area contributed by atoms with Gasteiger partial charge in [0.25, 0.3) is 0 Å². The van der Waals surface area contributed by atoms with Crippen LogP contribution in [0.4, 0.5) is 0 Å². The average Bonchev–Trinajstić information content (AvgIpc) is 3.46. The smallest absolute Gasteiger partial charge is 0.328 e. The first-order chi connectivity index (χ1) is 17.0. The maximum absolute atomic E-state index is 12.8. The van der Waals surface area contributed by atoms with Crippen LogP contribution in [0.5, 0.6) is 5.75 Å². The Kier molecular flexibility index (Phi) is 6.37. The number of hydrogen-bond acceptors (Lipinski definition) is 7. The monoisotopic (exact) mass is 476 g/mol. The summed E-state index contributed by atoms with van der Waals surface area (Å²) in [6.45, 7) is 3.61. The highest BCUT2D eigenvalue weighted by atomic mass is 16.5. The first-order valence-electron chi connectivity index (χ1n) is 11.6. The quantitative estimate of drug-likeness (QED) is 0.403. The average molecular weight is 477 g/mol. The molecule has 1 amide bonds. The van der Waals surface area contributed by atoms with Crippen LogP contribution >= 0.6 is 0 Å². The summed E-state index contributed by atoms with van der Waals surface area (Å²) in [5.41, 5.74) is 2.49. The van der Waals surface area contributed by atoms with Crippen molar-refractivity contribution >= 4 is 16.9 Å². The van der Waals surface area contributed by atoms with Gasteiger partial charge in [-0.1, -0.05) is 17.3 Å². The summed E-state index contributed by atoms with van der Waals surface area (Å²) < 4.78 is 13.9. The van der Waals surface area contributed by atoms with Gasteiger partial charge in [0.1, 0.15) is 5.75 Å². The molecule has 35 heavy (non-hydrogen) atoms. The van der Waals surface area contributed by atoms with Gasteiger partial charge in [0.05, 0.1) is 24.7 Å². The molecule has 3 heterocycles. The third kappa shape index (κ3) is 4.69. The maximum Gasteiger partial charge on any atom is 0.328 e. The number of fused-ring (bicyclic) bond motifs is 1. The minimum atomic E-state index is -0.0996. The summed E-state index contributed by atoms with van der Waals surface area (Å²) in [5.74, 6) is 1.92. The fourth-order valence-corrected chi connectivity index (χ4v) is 4.47. The molecule has 0 saturated carbocycles. The number of carbonyl (C=O) groups is 1. The minimum Gasteiger partial charge on any atom is -0.497 e. The van der Waals surface area contributed by atoms with E-state index < -0.39 is 0 Å². The Bertz CT molecular complexity index is 1380. The molecule has 0 N–H and O–H groups in total. The van der Waals surface area contributed by atoms with E-state index >= 15 is 0 Å². The molecule has 1 aliphatic rings. The molecule has 4 aromatic rings. The Morgan fingerprint density at radius 3 is 2.46 bits per heavy atom. The van der Waals surface area contributed by atoms with Gasteiger partial charge in [0.2, 0.25) is 17.6 Å². The van der Waals surface area contributed by atoms with Crippen molar-refractivity contribution in [3.05, 3.63) is 64.9 Å². The Labute approximate surface area is 202 Å². The third-order valence-corrected chi connectivity index (χ3v) is 6.50. The zero-order valence-corrected chi connectivity index (χ0v) is 19.9. The molecular formula is C25H28N6O4. The van der Waals surface area contributed by atoms with Gasteiger partial charge in [-0.05, 0) is 36.4 Å². The number of ether oxygens (including phenoxy) is 1. The van der Waals surface area contributed by atoms with Crippen LogP contribution in [0.2, 0.25) is 0 Å². The van der Waals surface area contributed by atoms with Gasteiger partial charge in [0.15, 0.2) is 0 Å². The molecule has 1 fully saturated rings. The topological polar surface area (TPSA) is 98.6 Å². The van der Waals surface area contributed by atoms with Crippen molar-refractivity contribution in [1.82, 2.24) is 29.1 Å². The van der Waals surface area contributed by atoms with Crippen LogP contribution < -0.4 is 10.4 Å². The zero-order valence-electron chi connectivity index (χ0n) is 19.9. The number of amides is 1. The van der Waals surface area contributed by atoms with Crippen LogP contribution in [0, 0.1) is 0 Å². The van der Waals surface area contributed by atoms with Gasteiger partial charge in [-0.3, -0.25) is 18.8 Å². The van der Waals surface area contributed by atoms with Gasteiger partial charge in [0, 0.05) is 51.8 Å². The molecule has 2 aromatic heterocycles. The van der Waals surface area contributed by atoms with Crippen molar-refractivity contribution in [3.8, 4) is 17.1 Å². The number of para-hydroxylation sites is 2. The number of aryl methyl sites for hydroxylation is 2. The van der Waals surface area contributed by atoms with Crippen LogP contribution in [-0.2, 0) is 24.9 Å². The lowest BCUT2D eigenvalue weighted by molar-refractivity contribution is -0.133. The number of rotatable bonds is 7. The molecule has 2 aromatic carbocycles. The molecular weight excluding hydrogens is 448 g/mol. The number of benzene rings is 2. The zero-order chi connectivity index (χ0) is 24.4. The van der Waals surface area contributed by atoms with E-state index in [1.807, 2.05) is 53.4 Å². The third-order valence-electron chi connectivity index (χ3n) is 6.50. The number of imidazole rings is 1. The summed E-state index contributed by atoms with van der Waals surface area (Å²) in [6, 6.07) is 15.1. The molecule has 0 aliphatic carbocycles. The van der Waals surface area contributed by atoms with Gasteiger partial charge >= 0.3 is 5.69 Å². The van der Waals surface area contributed by atoms with E-state index in [4.69, 9.17) is 9.26 Å². The number of piperazine rings is 1. The second-order valence-corrected chi connectivity index (χ2v) is 8.63. The van der Waals surface area contributed by atoms with Crippen LogP contribution in [-0.4, -0.2) is 68.3 Å². The highest BCUT2D eigenvalue weighted by Crippen LogP contribution is 2.20. The molecule has 0 radical (unpaired) electrons. The van der Waals surface area contributed by atoms with E-state index in [1.54, 1.807) is 23.3 Å². The number of nitrogens with zero attached hydrogens (tertiary/aromatic N) is 6. The molecule has 0 unspecified atom stereocenters. The first-order valence-corrected chi connectivity index (χ1v) is 11.6. The summed E-state index contributed by atoms with van der Waals surface area (Å²) in [4.78, 5) is 34.0. The van der Waals surface area contributed by atoms with Crippen LogP contribution in [0.3, 0.4) is 0 Å². The highest BCUT2D eigenvalue weighted by molar-refractivity contribution is 5.78. The predicted molar refractivity (Wildman–Crippen MR) is 130 cm³/mol. The summed E-state index contributed by atoms with van der Waals surface area (Å²) in [5, 5.41) is 4.09. The maximum atomic E-state index is 12.8. The van der Waals surface area contributed by atoms with E-state index in [0.717, 1.165) is 35.4 Å². The second kappa shape index (κ2) is 9.75. The highest BCUT2D eigenvalue weighted by Gasteiger charge is 2.23. The fourth-order valence-electron chi connectivity index (χ4n) is 4.47. The Morgan fingerprint density at radius 1 is 1.03 bits per heavy atom. The Morgan fingerprint density at radius 2 is 1.74 bits per heavy atom. The number of hydrogen-bond donors (Lipinski definition) is 0. The van der Waals surface area contributed by atoms with Crippen molar-refractivity contribution in [2.24, 2.45) is 7.05 Å². The molecule has 0 bridgehead atoms. The predicted octanol–water partition coefficient (Wildman–Crippen LogP) is 2.13. The molecule has 0 spiro atoms. The fraction of sp³-hybridized carbons (Fsp3) is 0.360. The molecule has 10 heteroatoms. The van der Waals surface area contributed by atoms with Crippen LogP contribution in [0.1, 0.15) is 12.3 Å². The van der Waals surface area contributed by atoms with E-state index in [9.17, 15) is 9.59 Å². The van der Waals surface area contributed by atoms with Crippen molar-refractivity contribution in [2.75, 3.05) is 33.3 Å². The van der Waals surface area contributed by atoms with Gasteiger partial charge in [-0.2, -0.15) is 4.98 Å². The van der Waals surface area contributed by atoms with Gasteiger partial charge in [-0.15, -0.1) is 0 Å². The largest absolute Gasteiger partial charge is 0.497 e. The summed E-state index contributed by atoms with van der Waals surface area (Å²) in [7, 11) is 3.38. The normalized spacial score (nSPS) is 14.5. The van der Waals surface area contributed by atoms with Crippen LogP contribution in [0.15, 0.2) is 57.8 Å². The van der Waals surface area contributed by atoms with E-state index in [-0.39, 0.29) is 11.6 Å². The summed E-state index contributed by atoms with van der Waals surface area (Å²) >= 11 is 0. The van der Waals surface area contributed by atoms with Crippen molar-refractivity contribution in [2.45, 2.75) is 19.5 Å². The molecule has 182 valence electrons. The molecule has 0 atom stereocenters.